The minimum atomic E-state index is -0.946. The van der Waals surface area contributed by atoms with E-state index in [0.717, 1.165) is 22.6 Å². The molecule has 0 aliphatic heterocycles. The Morgan fingerprint density at radius 2 is 1.73 bits per heavy atom. The summed E-state index contributed by atoms with van der Waals surface area (Å²) in [5, 5.41) is 9.21. The summed E-state index contributed by atoms with van der Waals surface area (Å²) in [4.78, 5) is 13.6. The van der Waals surface area contributed by atoms with Gasteiger partial charge in [0.15, 0.2) is 6.10 Å². The second kappa shape index (κ2) is 10.3. The Kier molecular flexibility index (Phi) is 7.49. The van der Waals surface area contributed by atoms with Crippen LogP contribution in [-0.4, -0.2) is 30.9 Å². The van der Waals surface area contributed by atoms with Gasteiger partial charge in [-0.15, -0.1) is 11.3 Å². The third kappa shape index (κ3) is 5.62. The standard InChI is InChI=1S/C24H26O5S/c1-4-28-21(24(25)26)14-17-5-9-20(10-6-17)29-15-23-16(2)13-22(30-23)18-7-11-19(27-3)12-8-18/h5-13,21H,4,14-15H2,1-3H3,(H,25,26)/t21-/m0/s1. The van der Waals surface area contributed by atoms with E-state index < -0.39 is 12.1 Å². The zero-order chi connectivity index (χ0) is 21.5. The van der Waals surface area contributed by atoms with Gasteiger partial charge in [-0.25, -0.2) is 4.79 Å². The molecule has 158 valence electrons. The summed E-state index contributed by atoms with van der Waals surface area (Å²) < 4.78 is 16.4. The van der Waals surface area contributed by atoms with Crippen molar-refractivity contribution in [1.82, 2.24) is 0 Å². The van der Waals surface area contributed by atoms with E-state index in [-0.39, 0.29) is 0 Å². The van der Waals surface area contributed by atoms with Crippen molar-refractivity contribution >= 4 is 17.3 Å². The predicted octanol–water partition coefficient (Wildman–Crippen LogP) is 5.34. The van der Waals surface area contributed by atoms with E-state index in [2.05, 4.69) is 25.1 Å². The Hall–Kier alpha value is -2.83. The van der Waals surface area contributed by atoms with Crippen LogP contribution in [0.5, 0.6) is 11.5 Å². The first-order valence-electron chi connectivity index (χ1n) is 9.80. The average Bonchev–Trinajstić information content (AvgIpc) is 3.13. The minimum absolute atomic E-state index is 0.332. The van der Waals surface area contributed by atoms with Crippen molar-refractivity contribution in [1.29, 1.82) is 0 Å². The molecule has 0 spiro atoms. The number of benzene rings is 2. The van der Waals surface area contributed by atoms with Crippen LogP contribution >= 0.6 is 11.3 Å². The van der Waals surface area contributed by atoms with Gasteiger partial charge in [0.25, 0.3) is 0 Å². The SMILES string of the molecule is CCO[C@@H](Cc1ccc(OCc2sc(-c3ccc(OC)cc3)cc2C)cc1)C(=O)O. The van der Waals surface area contributed by atoms with Crippen LogP contribution in [0.3, 0.4) is 0 Å². The van der Waals surface area contributed by atoms with Crippen molar-refractivity contribution in [3.63, 3.8) is 0 Å². The molecule has 5 nitrogen and oxygen atoms in total. The molecule has 0 saturated heterocycles. The quantitative estimate of drug-likeness (QED) is 0.474. The van der Waals surface area contributed by atoms with Gasteiger partial charge < -0.3 is 19.3 Å². The summed E-state index contributed by atoms with van der Waals surface area (Å²) in [6.07, 6.45) is -0.495. The van der Waals surface area contributed by atoms with Gasteiger partial charge in [-0.2, -0.15) is 0 Å². The van der Waals surface area contributed by atoms with Gasteiger partial charge in [-0.3, -0.25) is 0 Å². The second-order valence-corrected chi connectivity index (χ2v) is 8.00. The fourth-order valence-electron chi connectivity index (χ4n) is 3.06. The Morgan fingerprint density at radius 3 is 2.33 bits per heavy atom. The van der Waals surface area contributed by atoms with E-state index in [1.165, 1.54) is 15.3 Å². The molecule has 3 rings (SSSR count). The molecule has 0 fully saturated rings. The molecule has 1 heterocycles. The molecule has 0 aliphatic carbocycles. The number of aryl methyl sites for hydroxylation is 1. The van der Waals surface area contributed by atoms with E-state index in [0.29, 0.717) is 19.6 Å². The van der Waals surface area contributed by atoms with Crippen molar-refractivity contribution in [3.05, 3.63) is 70.6 Å². The third-order valence-corrected chi connectivity index (χ3v) is 6.01. The Balaban J connectivity index is 1.61. The minimum Gasteiger partial charge on any atom is -0.497 e. The number of carbonyl (C=O) groups is 1. The summed E-state index contributed by atoms with van der Waals surface area (Å²) in [5.41, 5.74) is 3.25. The van der Waals surface area contributed by atoms with E-state index >= 15 is 0 Å². The van der Waals surface area contributed by atoms with Crippen molar-refractivity contribution in [3.8, 4) is 21.9 Å². The van der Waals surface area contributed by atoms with Crippen LogP contribution in [0.15, 0.2) is 54.6 Å². The van der Waals surface area contributed by atoms with Crippen LogP contribution in [0.25, 0.3) is 10.4 Å². The van der Waals surface area contributed by atoms with E-state index in [9.17, 15) is 9.90 Å². The van der Waals surface area contributed by atoms with Gasteiger partial charge in [0.1, 0.15) is 18.1 Å². The summed E-state index contributed by atoms with van der Waals surface area (Å²) in [6.45, 7) is 4.74. The largest absolute Gasteiger partial charge is 0.497 e. The maximum Gasteiger partial charge on any atom is 0.333 e. The van der Waals surface area contributed by atoms with Gasteiger partial charge in [-0.05, 0) is 73.0 Å². The highest BCUT2D eigenvalue weighted by Crippen LogP contribution is 2.33. The molecule has 0 aliphatic rings. The zero-order valence-electron chi connectivity index (χ0n) is 17.4. The Bertz CT molecular complexity index is 960. The highest BCUT2D eigenvalue weighted by molar-refractivity contribution is 7.15. The first-order valence-corrected chi connectivity index (χ1v) is 10.6. The number of aliphatic carboxylic acids is 1. The topological polar surface area (TPSA) is 65.0 Å². The van der Waals surface area contributed by atoms with Crippen molar-refractivity contribution in [2.24, 2.45) is 0 Å². The lowest BCUT2D eigenvalue weighted by Gasteiger charge is -2.13. The zero-order valence-corrected chi connectivity index (χ0v) is 18.2. The van der Waals surface area contributed by atoms with Crippen molar-refractivity contribution < 1.29 is 24.1 Å². The van der Waals surface area contributed by atoms with Crippen molar-refractivity contribution in [2.75, 3.05) is 13.7 Å². The highest BCUT2D eigenvalue weighted by Gasteiger charge is 2.18. The van der Waals surface area contributed by atoms with Crippen LogP contribution < -0.4 is 9.47 Å². The smallest absolute Gasteiger partial charge is 0.333 e. The maximum atomic E-state index is 11.2. The summed E-state index contributed by atoms with van der Waals surface area (Å²) in [6, 6.07) is 17.7. The molecular formula is C24H26O5S. The molecule has 1 aromatic heterocycles. The van der Waals surface area contributed by atoms with Gasteiger partial charge in [0.2, 0.25) is 0 Å². The van der Waals surface area contributed by atoms with Gasteiger partial charge in [0, 0.05) is 22.8 Å². The first-order chi connectivity index (χ1) is 14.5. The van der Waals surface area contributed by atoms with E-state index in [1.54, 1.807) is 25.4 Å². The molecule has 30 heavy (non-hydrogen) atoms. The second-order valence-electron chi connectivity index (χ2n) is 6.86. The number of methoxy groups -OCH3 is 1. The number of carboxylic acid groups (broad SMARTS) is 1. The van der Waals surface area contributed by atoms with E-state index in [4.69, 9.17) is 14.2 Å². The van der Waals surface area contributed by atoms with Crippen LogP contribution in [0, 0.1) is 6.92 Å². The molecule has 3 aromatic rings. The van der Waals surface area contributed by atoms with E-state index in [1.807, 2.05) is 36.4 Å². The molecule has 0 bridgehead atoms. The monoisotopic (exact) mass is 426 g/mol. The number of hydrogen-bond donors (Lipinski definition) is 1. The lowest BCUT2D eigenvalue weighted by Crippen LogP contribution is -2.26. The lowest BCUT2D eigenvalue weighted by atomic mass is 10.1. The molecule has 0 amide bonds. The summed E-state index contributed by atoms with van der Waals surface area (Å²) in [5.74, 6) is 0.647. The molecule has 1 atom stereocenters. The lowest BCUT2D eigenvalue weighted by molar-refractivity contribution is -0.149. The van der Waals surface area contributed by atoms with Gasteiger partial charge in [-0.1, -0.05) is 12.1 Å². The van der Waals surface area contributed by atoms with Gasteiger partial charge >= 0.3 is 5.97 Å². The summed E-state index contributed by atoms with van der Waals surface area (Å²) in [7, 11) is 1.66. The maximum absolute atomic E-state index is 11.2. The van der Waals surface area contributed by atoms with Gasteiger partial charge in [0.05, 0.1) is 7.11 Å². The fourth-order valence-corrected chi connectivity index (χ4v) is 4.16. The molecule has 1 N–H and O–H groups in total. The Morgan fingerprint density at radius 1 is 1.07 bits per heavy atom. The normalized spacial score (nSPS) is 11.8. The number of thiophene rings is 1. The van der Waals surface area contributed by atoms with Crippen LogP contribution in [0.4, 0.5) is 0 Å². The number of carboxylic acids is 1. The van der Waals surface area contributed by atoms with Crippen LogP contribution in [-0.2, 0) is 22.6 Å². The molecular weight excluding hydrogens is 400 g/mol. The highest BCUT2D eigenvalue weighted by atomic mass is 32.1. The molecule has 2 aromatic carbocycles. The van der Waals surface area contributed by atoms with Crippen molar-refractivity contribution in [2.45, 2.75) is 33.0 Å². The summed E-state index contributed by atoms with van der Waals surface area (Å²) >= 11 is 1.72. The Labute approximate surface area is 180 Å². The number of hydrogen-bond acceptors (Lipinski definition) is 5. The number of rotatable bonds is 10. The van der Waals surface area contributed by atoms with Crippen LogP contribution in [0.1, 0.15) is 22.9 Å². The molecule has 0 saturated carbocycles. The average molecular weight is 427 g/mol. The number of ether oxygens (including phenoxy) is 3. The third-order valence-electron chi connectivity index (χ3n) is 4.75. The molecule has 0 radical (unpaired) electrons. The van der Waals surface area contributed by atoms with Crippen LogP contribution in [0.2, 0.25) is 0 Å². The first kappa shape index (κ1) is 21.9. The fraction of sp³-hybridized carbons (Fsp3) is 0.292. The molecule has 6 heteroatoms. The molecule has 0 unspecified atom stereocenters. The predicted molar refractivity (Wildman–Crippen MR) is 119 cm³/mol.